The van der Waals surface area contributed by atoms with Gasteiger partial charge in [-0.05, 0) is 24.3 Å². The highest BCUT2D eigenvalue weighted by atomic mass is 16.5. The van der Waals surface area contributed by atoms with Crippen molar-refractivity contribution in [1.29, 1.82) is 0 Å². The molecule has 26 heavy (non-hydrogen) atoms. The molecule has 2 saturated heterocycles. The highest BCUT2D eigenvalue weighted by Crippen LogP contribution is 2.40. The van der Waals surface area contributed by atoms with Gasteiger partial charge in [-0.1, -0.05) is 0 Å². The Labute approximate surface area is 149 Å². The maximum absolute atomic E-state index is 13.0. The summed E-state index contributed by atoms with van der Waals surface area (Å²) in [5, 5.41) is 13.1. The number of likely N-dealkylation sites (tertiary alicyclic amines) is 1. The number of ether oxygens (including phenoxy) is 1. The molecule has 8 nitrogen and oxygen atoms in total. The molecule has 2 aromatic rings. The number of methoxy groups -OCH3 is 1. The van der Waals surface area contributed by atoms with Crippen LogP contribution in [0.1, 0.15) is 10.5 Å². The fraction of sp³-hybridized carbons (Fsp3) is 0.389. The predicted octanol–water partition coefficient (Wildman–Crippen LogP) is 0.460. The zero-order chi connectivity index (χ0) is 18.6. The van der Waals surface area contributed by atoms with Crippen molar-refractivity contribution in [3.8, 4) is 5.75 Å². The summed E-state index contributed by atoms with van der Waals surface area (Å²) in [6.07, 6.45) is 0. The lowest BCUT2D eigenvalue weighted by molar-refractivity contribution is -0.149. The quantitative estimate of drug-likeness (QED) is 0.831. The molecule has 0 spiro atoms. The molecule has 2 aliphatic heterocycles. The van der Waals surface area contributed by atoms with Crippen LogP contribution in [0, 0.1) is 11.3 Å². The first-order valence-corrected chi connectivity index (χ1v) is 8.31. The van der Waals surface area contributed by atoms with Crippen LogP contribution in [0.3, 0.4) is 0 Å². The molecule has 1 aromatic heterocycles. The van der Waals surface area contributed by atoms with Crippen LogP contribution in [-0.4, -0.2) is 59.1 Å². The summed E-state index contributed by atoms with van der Waals surface area (Å²) in [6.45, 7) is 0.194. The number of hydrogen-bond acceptors (Lipinski definition) is 4. The molecule has 0 unspecified atom stereocenters. The van der Waals surface area contributed by atoms with Crippen LogP contribution in [0.2, 0.25) is 0 Å². The van der Waals surface area contributed by atoms with Gasteiger partial charge in [0, 0.05) is 37.6 Å². The molecule has 2 N–H and O–H groups in total. The average molecular weight is 357 g/mol. The number of carbonyl (C=O) groups is 3. The van der Waals surface area contributed by atoms with Gasteiger partial charge in [-0.25, -0.2) is 0 Å². The summed E-state index contributed by atoms with van der Waals surface area (Å²) in [4.78, 5) is 38.3. The van der Waals surface area contributed by atoms with Crippen LogP contribution in [0.4, 0.5) is 0 Å². The molecule has 2 fully saturated rings. The Morgan fingerprint density at radius 2 is 2.12 bits per heavy atom. The second-order valence-electron chi connectivity index (χ2n) is 6.93. The van der Waals surface area contributed by atoms with Crippen LogP contribution in [-0.2, 0) is 16.6 Å². The number of aryl methyl sites for hydroxylation is 1. The van der Waals surface area contributed by atoms with Gasteiger partial charge in [0.25, 0.3) is 5.91 Å². The molecule has 4 rings (SSSR count). The van der Waals surface area contributed by atoms with E-state index in [4.69, 9.17) is 4.74 Å². The van der Waals surface area contributed by atoms with Gasteiger partial charge in [-0.2, -0.15) is 0 Å². The Morgan fingerprint density at radius 3 is 2.77 bits per heavy atom. The lowest BCUT2D eigenvalue weighted by Gasteiger charge is -2.22. The minimum Gasteiger partial charge on any atom is -0.497 e. The van der Waals surface area contributed by atoms with Crippen molar-refractivity contribution in [3.05, 3.63) is 30.0 Å². The molecule has 0 bridgehead atoms. The van der Waals surface area contributed by atoms with Gasteiger partial charge < -0.3 is 24.6 Å². The largest absolute Gasteiger partial charge is 0.497 e. The molecule has 0 radical (unpaired) electrons. The number of carbonyl (C=O) groups excluding carboxylic acids is 2. The van der Waals surface area contributed by atoms with Crippen LogP contribution < -0.4 is 10.1 Å². The molecule has 2 amide bonds. The van der Waals surface area contributed by atoms with Gasteiger partial charge in [0.05, 0.1) is 13.0 Å². The molecular formula is C18H19N3O5. The highest BCUT2D eigenvalue weighted by Gasteiger charge is 2.60. The Bertz CT molecular complexity index is 950. The molecule has 2 atom stereocenters. The first-order chi connectivity index (χ1) is 12.4. The van der Waals surface area contributed by atoms with Crippen molar-refractivity contribution < 1.29 is 24.2 Å². The number of nitrogens with one attached hydrogen (secondary N) is 1. The lowest BCUT2D eigenvalue weighted by Crippen LogP contribution is -2.41. The number of rotatable bonds is 3. The highest BCUT2D eigenvalue weighted by molar-refractivity contribution is 6.01. The predicted molar refractivity (Wildman–Crippen MR) is 91.9 cm³/mol. The van der Waals surface area contributed by atoms with Crippen LogP contribution in [0.25, 0.3) is 10.9 Å². The monoisotopic (exact) mass is 357 g/mol. The summed E-state index contributed by atoms with van der Waals surface area (Å²) in [5.74, 6) is -1.63. The minimum atomic E-state index is -1.24. The van der Waals surface area contributed by atoms with E-state index in [1.54, 1.807) is 24.8 Å². The number of carboxylic acids is 1. The normalized spacial score (nSPS) is 24.6. The smallest absolute Gasteiger partial charge is 0.314 e. The number of aromatic nitrogens is 1. The Kier molecular flexibility index (Phi) is 3.47. The van der Waals surface area contributed by atoms with E-state index >= 15 is 0 Å². The number of nitrogens with zero attached hydrogens (tertiary/aromatic N) is 2. The SMILES string of the molecule is COc1ccc2c(c1)cc(C(=O)N1C[C@@H]3C(=O)NC[C@]3(C(=O)O)C1)n2C. The first kappa shape index (κ1) is 16.4. The zero-order valence-electron chi connectivity index (χ0n) is 14.5. The Hall–Kier alpha value is -3.03. The van der Waals surface area contributed by atoms with E-state index in [-0.39, 0.29) is 31.4 Å². The molecule has 3 heterocycles. The third-order valence-electron chi connectivity index (χ3n) is 5.62. The van der Waals surface area contributed by atoms with Crippen molar-refractivity contribution in [2.75, 3.05) is 26.7 Å². The number of amides is 2. The van der Waals surface area contributed by atoms with Gasteiger partial charge in [-0.15, -0.1) is 0 Å². The second kappa shape index (κ2) is 5.48. The lowest BCUT2D eigenvalue weighted by atomic mass is 9.81. The van der Waals surface area contributed by atoms with E-state index < -0.39 is 17.3 Å². The van der Waals surface area contributed by atoms with Crippen LogP contribution >= 0.6 is 0 Å². The maximum Gasteiger partial charge on any atom is 0.314 e. The van der Waals surface area contributed by atoms with E-state index in [9.17, 15) is 19.5 Å². The third-order valence-corrected chi connectivity index (χ3v) is 5.62. The van der Waals surface area contributed by atoms with Crippen molar-refractivity contribution in [2.45, 2.75) is 0 Å². The number of aliphatic carboxylic acids is 1. The fourth-order valence-corrected chi connectivity index (χ4v) is 4.06. The molecule has 136 valence electrons. The second-order valence-corrected chi connectivity index (χ2v) is 6.93. The fourth-order valence-electron chi connectivity index (χ4n) is 4.06. The summed E-state index contributed by atoms with van der Waals surface area (Å²) in [5.41, 5.74) is 0.0917. The zero-order valence-corrected chi connectivity index (χ0v) is 14.5. The Balaban J connectivity index is 1.69. The van der Waals surface area contributed by atoms with Gasteiger partial charge in [0.1, 0.15) is 16.9 Å². The van der Waals surface area contributed by atoms with Crippen molar-refractivity contribution in [1.82, 2.24) is 14.8 Å². The number of benzene rings is 1. The van der Waals surface area contributed by atoms with E-state index in [1.165, 1.54) is 4.90 Å². The Morgan fingerprint density at radius 1 is 1.35 bits per heavy atom. The summed E-state index contributed by atoms with van der Waals surface area (Å²) in [6, 6.07) is 7.30. The van der Waals surface area contributed by atoms with E-state index in [2.05, 4.69) is 5.32 Å². The van der Waals surface area contributed by atoms with Crippen molar-refractivity contribution in [2.24, 2.45) is 18.4 Å². The van der Waals surface area contributed by atoms with Crippen molar-refractivity contribution >= 4 is 28.7 Å². The summed E-state index contributed by atoms with van der Waals surface area (Å²) >= 11 is 0. The number of fused-ring (bicyclic) bond motifs is 2. The maximum atomic E-state index is 13.0. The minimum absolute atomic E-state index is 0.0232. The summed E-state index contributed by atoms with van der Waals surface area (Å²) < 4.78 is 7.00. The van der Waals surface area contributed by atoms with Gasteiger partial charge in [0.15, 0.2) is 0 Å². The third kappa shape index (κ3) is 2.11. The molecule has 8 heteroatoms. The molecule has 1 aromatic carbocycles. The van der Waals surface area contributed by atoms with Gasteiger partial charge in [-0.3, -0.25) is 14.4 Å². The molecule has 2 aliphatic rings. The topological polar surface area (TPSA) is 101 Å². The number of carboxylic acid groups (broad SMARTS) is 1. The van der Waals surface area contributed by atoms with E-state index in [0.717, 1.165) is 10.9 Å². The average Bonchev–Trinajstić information content (AvgIpc) is 3.27. The van der Waals surface area contributed by atoms with Crippen LogP contribution in [0.5, 0.6) is 5.75 Å². The molecule has 0 aliphatic carbocycles. The van der Waals surface area contributed by atoms with Crippen molar-refractivity contribution in [3.63, 3.8) is 0 Å². The van der Waals surface area contributed by atoms with E-state index in [1.807, 2.05) is 18.2 Å². The molecular weight excluding hydrogens is 338 g/mol. The first-order valence-electron chi connectivity index (χ1n) is 8.31. The van der Waals surface area contributed by atoms with E-state index in [0.29, 0.717) is 11.4 Å². The van der Waals surface area contributed by atoms with Gasteiger partial charge >= 0.3 is 5.97 Å². The van der Waals surface area contributed by atoms with Gasteiger partial charge in [0.2, 0.25) is 5.91 Å². The van der Waals surface area contributed by atoms with Crippen LogP contribution in [0.15, 0.2) is 24.3 Å². The summed E-state index contributed by atoms with van der Waals surface area (Å²) in [7, 11) is 3.37. The standard InChI is InChI=1S/C18H19N3O5/c1-20-13-4-3-11(26-2)5-10(13)6-14(20)16(23)21-7-12-15(22)19-8-18(12,9-21)17(24)25/h3-6,12H,7-9H2,1-2H3,(H,19,22)(H,24,25)/t12-,18+/m1/s1. The number of hydrogen-bond donors (Lipinski definition) is 2. The molecule has 0 saturated carbocycles.